The molecule has 0 radical (unpaired) electrons. The maximum atomic E-state index is 11.6. The van der Waals surface area contributed by atoms with Crippen LogP contribution in [0.5, 0.6) is 11.5 Å². The summed E-state index contributed by atoms with van der Waals surface area (Å²) in [5.74, 6) is 1.29. The second-order valence-electron chi connectivity index (χ2n) is 9.21. The zero-order chi connectivity index (χ0) is 25.5. The summed E-state index contributed by atoms with van der Waals surface area (Å²) in [7, 11) is 0. The van der Waals surface area contributed by atoms with Crippen LogP contribution in [0, 0.1) is 6.92 Å². The van der Waals surface area contributed by atoms with Crippen LogP contribution in [0.1, 0.15) is 73.8 Å². The minimum atomic E-state index is -0.517. The number of nitrogens with one attached hydrogen (secondary N) is 2. The largest absolute Gasteiger partial charge is 0.490 e. The fourth-order valence-corrected chi connectivity index (χ4v) is 2.37. The van der Waals surface area contributed by atoms with Gasteiger partial charge in [0.15, 0.2) is 11.5 Å². The molecule has 0 atom stereocenters. The summed E-state index contributed by atoms with van der Waals surface area (Å²) < 4.78 is 22.0. The highest BCUT2D eigenvalue weighted by Crippen LogP contribution is 2.28. The van der Waals surface area contributed by atoms with E-state index in [9.17, 15) is 9.59 Å². The molecule has 190 valence electrons. The summed E-state index contributed by atoms with van der Waals surface area (Å²) in [6.07, 6.45) is 0.387. The molecular weight excluding hydrogens is 424 g/mol. The Kier molecular flexibility index (Phi) is 14.0. The van der Waals surface area contributed by atoms with Crippen molar-refractivity contribution >= 4 is 12.2 Å². The van der Waals surface area contributed by atoms with Crippen LogP contribution < -0.4 is 20.1 Å². The molecular formula is C25H44N2O6. The molecule has 1 aromatic rings. The standard InChI is InChI=1S/C23H38N2O6.C2H6/c1-17-10-11-18(28-14-8-12-24-20(26)30-22(2,3)4)19(16-17)29-15-9-13-25-21(27)31-23(5,6)7;1-2/h10-11,16H,8-9,12-15H2,1-7H3,(H,24,26)(H,25,27);1-2H3. The molecule has 0 aliphatic rings. The van der Waals surface area contributed by atoms with Gasteiger partial charge in [-0.3, -0.25) is 0 Å². The normalized spacial score (nSPS) is 10.9. The minimum absolute atomic E-state index is 0.426. The third-order valence-electron chi connectivity index (χ3n) is 3.59. The van der Waals surface area contributed by atoms with Crippen molar-refractivity contribution in [2.75, 3.05) is 26.3 Å². The molecule has 0 aliphatic carbocycles. The third-order valence-corrected chi connectivity index (χ3v) is 3.59. The molecule has 0 unspecified atom stereocenters. The van der Waals surface area contributed by atoms with Crippen LogP contribution in [0.25, 0.3) is 0 Å². The van der Waals surface area contributed by atoms with E-state index in [1.54, 1.807) is 0 Å². The molecule has 0 spiro atoms. The first kappa shape index (κ1) is 30.4. The molecule has 2 amide bonds. The van der Waals surface area contributed by atoms with Crippen molar-refractivity contribution in [3.8, 4) is 11.5 Å². The number of hydrogen-bond donors (Lipinski definition) is 2. The number of benzene rings is 1. The molecule has 0 saturated heterocycles. The highest BCUT2D eigenvalue weighted by atomic mass is 16.6. The lowest BCUT2D eigenvalue weighted by atomic mass is 10.2. The number of amides is 2. The van der Waals surface area contributed by atoms with E-state index in [2.05, 4.69) is 10.6 Å². The van der Waals surface area contributed by atoms with Gasteiger partial charge in [0.05, 0.1) is 13.2 Å². The minimum Gasteiger partial charge on any atom is -0.490 e. The highest BCUT2D eigenvalue weighted by Gasteiger charge is 2.16. The van der Waals surface area contributed by atoms with Crippen molar-refractivity contribution in [1.82, 2.24) is 10.6 Å². The molecule has 33 heavy (non-hydrogen) atoms. The Balaban J connectivity index is 0.00000497. The molecule has 2 N–H and O–H groups in total. The Morgan fingerprint density at radius 2 is 1.18 bits per heavy atom. The van der Waals surface area contributed by atoms with Crippen LogP contribution in [0.2, 0.25) is 0 Å². The number of hydrogen-bond acceptors (Lipinski definition) is 6. The number of ether oxygens (including phenoxy) is 4. The van der Waals surface area contributed by atoms with E-state index in [-0.39, 0.29) is 0 Å². The zero-order valence-electron chi connectivity index (χ0n) is 21.9. The van der Waals surface area contributed by atoms with Gasteiger partial charge in [-0.1, -0.05) is 19.9 Å². The first-order valence-electron chi connectivity index (χ1n) is 11.7. The van der Waals surface area contributed by atoms with Crippen molar-refractivity contribution in [1.29, 1.82) is 0 Å². The molecule has 0 heterocycles. The van der Waals surface area contributed by atoms with Crippen LogP contribution in [-0.4, -0.2) is 49.7 Å². The summed E-state index contributed by atoms with van der Waals surface area (Å²) in [4.78, 5) is 23.3. The van der Waals surface area contributed by atoms with E-state index in [0.29, 0.717) is 50.6 Å². The quantitative estimate of drug-likeness (QED) is 0.434. The van der Waals surface area contributed by atoms with Gasteiger partial charge < -0.3 is 29.6 Å². The average Bonchev–Trinajstić information content (AvgIpc) is 2.67. The fraction of sp³-hybridized carbons (Fsp3) is 0.680. The highest BCUT2D eigenvalue weighted by molar-refractivity contribution is 5.67. The van der Waals surface area contributed by atoms with Crippen LogP contribution in [0.4, 0.5) is 9.59 Å². The summed E-state index contributed by atoms with van der Waals surface area (Å²) >= 11 is 0. The van der Waals surface area contributed by atoms with Gasteiger partial charge in [0.2, 0.25) is 0 Å². The van der Waals surface area contributed by atoms with Crippen LogP contribution in [-0.2, 0) is 9.47 Å². The van der Waals surface area contributed by atoms with Gasteiger partial charge in [-0.25, -0.2) is 9.59 Å². The maximum absolute atomic E-state index is 11.6. The van der Waals surface area contributed by atoms with E-state index in [0.717, 1.165) is 5.56 Å². The van der Waals surface area contributed by atoms with Gasteiger partial charge >= 0.3 is 12.2 Å². The molecule has 8 nitrogen and oxygen atoms in total. The van der Waals surface area contributed by atoms with Gasteiger partial charge in [0.25, 0.3) is 0 Å². The summed E-state index contributed by atoms with van der Waals surface area (Å²) in [6.45, 7) is 18.7. The van der Waals surface area contributed by atoms with Crippen molar-refractivity contribution < 1.29 is 28.5 Å². The van der Waals surface area contributed by atoms with Crippen molar-refractivity contribution in [3.63, 3.8) is 0 Å². The number of carbonyl (C=O) groups excluding carboxylic acids is 2. The van der Waals surface area contributed by atoms with Crippen molar-refractivity contribution in [3.05, 3.63) is 23.8 Å². The van der Waals surface area contributed by atoms with E-state index in [4.69, 9.17) is 18.9 Å². The monoisotopic (exact) mass is 468 g/mol. The Bertz CT molecular complexity index is 708. The molecule has 0 saturated carbocycles. The van der Waals surface area contributed by atoms with E-state index in [1.807, 2.05) is 80.5 Å². The second kappa shape index (κ2) is 15.2. The summed E-state index contributed by atoms with van der Waals surface area (Å²) in [6, 6.07) is 5.73. The molecule has 0 aromatic heterocycles. The smallest absolute Gasteiger partial charge is 0.407 e. The molecule has 1 aromatic carbocycles. The predicted octanol–water partition coefficient (Wildman–Crippen LogP) is 5.61. The first-order valence-corrected chi connectivity index (χ1v) is 11.7. The predicted molar refractivity (Wildman–Crippen MR) is 131 cm³/mol. The van der Waals surface area contributed by atoms with Crippen LogP contribution in [0.15, 0.2) is 18.2 Å². The SMILES string of the molecule is CC.Cc1ccc(OCCCNC(=O)OC(C)(C)C)c(OCCCNC(=O)OC(C)(C)C)c1. The lowest BCUT2D eigenvalue weighted by Gasteiger charge is -2.20. The van der Waals surface area contributed by atoms with E-state index >= 15 is 0 Å². The summed E-state index contributed by atoms with van der Waals surface area (Å²) in [5.41, 5.74) is 0.0225. The Hall–Kier alpha value is -2.64. The van der Waals surface area contributed by atoms with E-state index in [1.165, 1.54) is 0 Å². The lowest BCUT2D eigenvalue weighted by Crippen LogP contribution is -2.33. The maximum Gasteiger partial charge on any atom is 0.407 e. The fourth-order valence-electron chi connectivity index (χ4n) is 2.37. The molecule has 8 heteroatoms. The zero-order valence-corrected chi connectivity index (χ0v) is 21.9. The lowest BCUT2D eigenvalue weighted by molar-refractivity contribution is 0.0513. The molecule has 1 rings (SSSR count). The number of rotatable bonds is 10. The van der Waals surface area contributed by atoms with Gasteiger partial charge in [0.1, 0.15) is 11.2 Å². The van der Waals surface area contributed by atoms with Gasteiger partial charge in [-0.15, -0.1) is 0 Å². The number of alkyl carbamates (subject to hydrolysis) is 2. The average molecular weight is 469 g/mol. The summed E-state index contributed by atoms with van der Waals surface area (Å²) in [5, 5.41) is 5.41. The topological polar surface area (TPSA) is 95.1 Å². The molecule has 0 aliphatic heterocycles. The second-order valence-corrected chi connectivity index (χ2v) is 9.21. The Morgan fingerprint density at radius 3 is 1.61 bits per heavy atom. The van der Waals surface area contributed by atoms with Gasteiger partial charge in [-0.2, -0.15) is 0 Å². The number of aryl methyl sites for hydroxylation is 1. The van der Waals surface area contributed by atoms with Crippen molar-refractivity contribution in [2.24, 2.45) is 0 Å². The number of carbonyl (C=O) groups is 2. The van der Waals surface area contributed by atoms with Gasteiger partial charge in [0, 0.05) is 13.1 Å². The first-order chi connectivity index (χ1) is 15.4. The van der Waals surface area contributed by atoms with Crippen LogP contribution in [0.3, 0.4) is 0 Å². The Labute approximate surface area is 199 Å². The molecule has 0 fully saturated rings. The Morgan fingerprint density at radius 1 is 0.758 bits per heavy atom. The third kappa shape index (κ3) is 16.6. The van der Waals surface area contributed by atoms with Crippen LogP contribution >= 0.6 is 0 Å². The van der Waals surface area contributed by atoms with Gasteiger partial charge in [-0.05, 0) is 79.0 Å². The molecule has 0 bridgehead atoms. The van der Waals surface area contributed by atoms with Crippen molar-refractivity contribution in [2.45, 2.75) is 86.4 Å². The van der Waals surface area contributed by atoms with E-state index < -0.39 is 23.4 Å².